The largest absolute Gasteiger partial charge is 0.349 e. The van der Waals surface area contributed by atoms with Crippen LogP contribution < -0.4 is 9.62 Å². The summed E-state index contributed by atoms with van der Waals surface area (Å²) in [6, 6.07) is 5.38. The summed E-state index contributed by atoms with van der Waals surface area (Å²) in [5.74, 6) is 0.183. The zero-order valence-electron chi connectivity index (χ0n) is 13.1. The average Bonchev–Trinajstić information content (AvgIpc) is 3.04. The number of amides is 1. The number of carbonyl (C=O) groups is 1. The van der Waals surface area contributed by atoms with Gasteiger partial charge in [-0.15, -0.1) is 0 Å². The highest BCUT2D eigenvalue weighted by atomic mass is 32.2. The van der Waals surface area contributed by atoms with E-state index in [1.54, 1.807) is 18.2 Å². The van der Waals surface area contributed by atoms with Crippen LogP contribution in [0.4, 0.5) is 5.69 Å². The number of nitrogens with one attached hydrogen (secondary N) is 2. The lowest BCUT2D eigenvalue weighted by molar-refractivity contribution is 0.0951. The minimum Gasteiger partial charge on any atom is -0.349 e. The molecule has 2 N–H and O–H groups in total. The van der Waals surface area contributed by atoms with E-state index in [0.29, 0.717) is 17.1 Å². The van der Waals surface area contributed by atoms with Gasteiger partial charge in [-0.1, -0.05) is 0 Å². The van der Waals surface area contributed by atoms with Gasteiger partial charge in [-0.3, -0.25) is 14.2 Å². The zero-order chi connectivity index (χ0) is 16.9. The standard InChI is InChI=1S/C15H17N5O3S/c1-24(22,23)20-7-12(14-16-8-17-19-14)11-6-9(2-5-13(11)20)15(21)18-10-3-4-10/h2,5-6,8,10,12H,3-4,7H2,1H3,(H,18,21)(H,16,17,19)/t12-/m1/s1. The molecule has 1 saturated carbocycles. The molecule has 0 bridgehead atoms. The summed E-state index contributed by atoms with van der Waals surface area (Å²) >= 11 is 0. The van der Waals surface area contributed by atoms with Crippen LogP contribution in [0, 0.1) is 0 Å². The molecule has 1 fully saturated rings. The predicted molar refractivity (Wildman–Crippen MR) is 87.3 cm³/mol. The van der Waals surface area contributed by atoms with Crippen LogP contribution in [0.1, 0.15) is 40.5 Å². The van der Waals surface area contributed by atoms with Crippen LogP contribution in [0.3, 0.4) is 0 Å². The van der Waals surface area contributed by atoms with Crippen molar-refractivity contribution in [2.75, 3.05) is 17.1 Å². The van der Waals surface area contributed by atoms with Crippen LogP contribution in [0.25, 0.3) is 0 Å². The number of hydrogen-bond acceptors (Lipinski definition) is 5. The van der Waals surface area contributed by atoms with Crippen LogP contribution >= 0.6 is 0 Å². The fourth-order valence-corrected chi connectivity index (χ4v) is 3.93. The maximum absolute atomic E-state index is 12.3. The zero-order valence-corrected chi connectivity index (χ0v) is 13.9. The monoisotopic (exact) mass is 347 g/mol. The first-order chi connectivity index (χ1) is 11.4. The highest BCUT2D eigenvalue weighted by Gasteiger charge is 2.36. The molecule has 1 amide bonds. The van der Waals surface area contributed by atoms with E-state index in [-0.39, 0.29) is 24.4 Å². The van der Waals surface area contributed by atoms with Gasteiger partial charge in [-0.25, -0.2) is 13.4 Å². The third-order valence-electron chi connectivity index (χ3n) is 4.36. The van der Waals surface area contributed by atoms with Crippen LogP contribution in [0.2, 0.25) is 0 Å². The normalized spacial score (nSPS) is 20.0. The van der Waals surface area contributed by atoms with Gasteiger partial charge in [0.05, 0.1) is 17.9 Å². The van der Waals surface area contributed by atoms with E-state index in [1.807, 2.05) is 0 Å². The first-order valence-electron chi connectivity index (χ1n) is 7.71. The molecule has 0 saturated heterocycles. The minimum absolute atomic E-state index is 0.130. The number of aromatic nitrogens is 3. The third-order valence-corrected chi connectivity index (χ3v) is 5.51. The molecule has 0 unspecified atom stereocenters. The highest BCUT2D eigenvalue weighted by molar-refractivity contribution is 7.92. The summed E-state index contributed by atoms with van der Waals surface area (Å²) in [6.07, 6.45) is 4.59. The van der Waals surface area contributed by atoms with Gasteiger partial charge >= 0.3 is 0 Å². The van der Waals surface area contributed by atoms with Gasteiger partial charge in [0.2, 0.25) is 10.0 Å². The molecule has 24 heavy (non-hydrogen) atoms. The summed E-state index contributed by atoms with van der Waals surface area (Å²) in [6.45, 7) is 0.247. The van der Waals surface area contributed by atoms with Gasteiger partial charge in [-0.2, -0.15) is 5.10 Å². The Kier molecular flexibility index (Phi) is 3.34. The van der Waals surface area contributed by atoms with Crippen LogP contribution in [-0.4, -0.2) is 48.3 Å². The van der Waals surface area contributed by atoms with Gasteiger partial charge in [0.15, 0.2) is 0 Å². The summed E-state index contributed by atoms with van der Waals surface area (Å²) in [5.41, 5.74) is 1.88. The molecule has 1 atom stereocenters. The molecule has 9 heteroatoms. The molecule has 2 aromatic rings. The Morgan fingerprint density at radius 3 is 2.79 bits per heavy atom. The van der Waals surface area contributed by atoms with Crippen molar-refractivity contribution in [2.45, 2.75) is 24.8 Å². The molecular weight excluding hydrogens is 330 g/mol. The highest BCUT2D eigenvalue weighted by Crippen LogP contribution is 2.40. The Hall–Kier alpha value is -2.42. The fraction of sp³-hybridized carbons (Fsp3) is 0.400. The summed E-state index contributed by atoms with van der Waals surface area (Å²) in [7, 11) is -3.41. The van der Waals surface area contributed by atoms with Crippen molar-refractivity contribution in [2.24, 2.45) is 0 Å². The van der Waals surface area contributed by atoms with E-state index in [1.165, 1.54) is 16.9 Å². The van der Waals surface area contributed by atoms with Crippen molar-refractivity contribution in [3.05, 3.63) is 41.5 Å². The lowest BCUT2D eigenvalue weighted by Gasteiger charge is -2.16. The second-order valence-corrected chi connectivity index (χ2v) is 8.15. The lowest BCUT2D eigenvalue weighted by Crippen LogP contribution is -2.29. The Morgan fingerprint density at radius 2 is 2.17 bits per heavy atom. The average molecular weight is 347 g/mol. The quantitative estimate of drug-likeness (QED) is 0.842. The Morgan fingerprint density at radius 1 is 1.38 bits per heavy atom. The first kappa shape index (κ1) is 15.1. The number of fused-ring (bicyclic) bond motifs is 1. The molecular formula is C15H17N5O3S. The van der Waals surface area contributed by atoms with Crippen molar-refractivity contribution in [3.63, 3.8) is 0 Å². The third kappa shape index (κ3) is 2.64. The molecule has 0 spiro atoms. The van der Waals surface area contributed by atoms with Crippen LogP contribution in [-0.2, 0) is 10.0 Å². The number of sulfonamides is 1. The molecule has 2 heterocycles. The molecule has 1 aliphatic heterocycles. The number of rotatable bonds is 4. The second-order valence-electron chi connectivity index (χ2n) is 6.24. The SMILES string of the molecule is CS(=O)(=O)N1C[C@@H](c2ncn[nH]2)c2cc(C(=O)NC3CC3)ccc21. The summed E-state index contributed by atoms with van der Waals surface area (Å²) < 4.78 is 25.5. The molecule has 1 aromatic heterocycles. The van der Waals surface area contributed by atoms with Gasteiger partial charge in [0, 0.05) is 18.2 Å². The van der Waals surface area contributed by atoms with E-state index < -0.39 is 10.0 Å². The molecule has 126 valence electrons. The fourth-order valence-electron chi connectivity index (χ4n) is 2.99. The van der Waals surface area contributed by atoms with Crippen LogP contribution in [0.5, 0.6) is 0 Å². The number of benzene rings is 1. The minimum atomic E-state index is -3.41. The van der Waals surface area contributed by atoms with Gasteiger partial charge < -0.3 is 5.32 Å². The van der Waals surface area contributed by atoms with Crippen molar-refractivity contribution in [1.29, 1.82) is 0 Å². The molecule has 2 aliphatic rings. The van der Waals surface area contributed by atoms with E-state index >= 15 is 0 Å². The van der Waals surface area contributed by atoms with Gasteiger partial charge in [0.25, 0.3) is 5.91 Å². The topological polar surface area (TPSA) is 108 Å². The number of anilines is 1. The molecule has 1 aliphatic carbocycles. The van der Waals surface area contributed by atoms with Crippen molar-refractivity contribution < 1.29 is 13.2 Å². The van der Waals surface area contributed by atoms with Crippen LogP contribution in [0.15, 0.2) is 24.5 Å². The van der Waals surface area contributed by atoms with Gasteiger partial charge in [-0.05, 0) is 36.6 Å². The Labute approximate surface area is 139 Å². The summed E-state index contributed by atoms with van der Waals surface area (Å²) in [5, 5.41) is 9.59. The number of aromatic amines is 1. The molecule has 4 rings (SSSR count). The number of H-pyrrole nitrogens is 1. The van der Waals surface area contributed by atoms with Gasteiger partial charge in [0.1, 0.15) is 12.2 Å². The van der Waals surface area contributed by atoms with E-state index in [4.69, 9.17) is 0 Å². The van der Waals surface area contributed by atoms with E-state index in [9.17, 15) is 13.2 Å². The first-order valence-corrected chi connectivity index (χ1v) is 9.56. The van der Waals surface area contributed by atoms with Crippen molar-refractivity contribution in [3.8, 4) is 0 Å². The predicted octanol–water partition coefficient (Wildman–Crippen LogP) is 0.608. The lowest BCUT2D eigenvalue weighted by atomic mass is 9.98. The Balaban J connectivity index is 1.75. The number of carbonyl (C=O) groups excluding carboxylic acids is 1. The smallest absolute Gasteiger partial charge is 0.251 e. The van der Waals surface area contributed by atoms with Crippen molar-refractivity contribution in [1.82, 2.24) is 20.5 Å². The Bertz CT molecular complexity index is 890. The van der Waals surface area contributed by atoms with E-state index in [0.717, 1.165) is 18.4 Å². The van der Waals surface area contributed by atoms with E-state index in [2.05, 4.69) is 20.5 Å². The van der Waals surface area contributed by atoms with Crippen molar-refractivity contribution >= 4 is 21.6 Å². The number of hydrogen-bond donors (Lipinski definition) is 2. The molecule has 1 aromatic carbocycles. The second kappa shape index (κ2) is 5.30. The maximum Gasteiger partial charge on any atom is 0.251 e. The molecule has 8 nitrogen and oxygen atoms in total. The maximum atomic E-state index is 12.3. The summed E-state index contributed by atoms with van der Waals surface area (Å²) in [4.78, 5) is 16.4. The molecule has 0 radical (unpaired) electrons. The number of nitrogens with zero attached hydrogens (tertiary/aromatic N) is 3.